The van der Waals surface area contributed by atoms with E-state index in [9.17, 15) is 13.2 Å². The molecule has 1 unspecified atom stereocenters. The van der Waals surface area contributed by atoms with E-state index in [1.165, 1.54) is 18.2 Å². The standard InChI is InChI=1S/C18H18F3N3O2/c1-18(10-25-9-16(22)24-18)12-8-11(6-7-13(12)19)23-14-4-2-3-5-15(14)26-17(20)21/h2-8,17,23H,9-10H2,1H3,(H2,22,24). The molecule has 8 heteroatoms. The van der Waals surface area contributed by atoms with Crippen molar-refractivity contribution >= 4 is 17.2 Å². The Kier molecular flexibility index (Phi) is 5.03. The van der Waals surface area contributed by atoms with E-state index in [1.807, 2.05) is 0 Å². The van der Waals surface area contributed by atoms with Crippen molar-refractivity contribution in [2.45, 2.75) is 19.1 Å². The van der Waals surface area contributed by atoms with Gasteiger partial charge >= 0.3 is 6.61 Å². The van der Waals surface area contributed by atoms with E-state index in [-0.39, 0.29) is 30.4 Å². The molecule has 2 aromatic rings. The van der Waals surface area contributed by atoms with Gasteiger partial charge in [-0.05, 0) is 37.3 Å². The Hall–Kier alpha value is -2.74. The highest BCUT2D eigenvalue weighted by atomic mass is 19.3. The Morgan fingerprint density at radius 1 is 1.27 bits per heavy atom. The quantitative estimate of drug-likeness (QED) is 0.846. The van der Waals surface area contributed by atoms with E-state index >= 15 is 0 Å². The van der Waals surface area contributed by atoms with Gasteiger partial charge in [-0.3, -0.25) is 4.99 Å². The molecule has 2 aromatic carbocycles. The summed E-state index contributed by atoms with van der Waals surface area (Å²) in [6.07, 6.45) is 0. The third kappa shape index (κ3) is 3.91. The Labute approximate surface area is 148 Å². The van der Waals surface area contributed by atoms with Crippen LogP contribution in [0.5, 0.6) is 5.75 Å². The molecule has 0 aliphatic carbocycles. The molecule has 5 nitrogen and oxygen atoms in total. The number of nitrogens with two attached hydrogens (primary N) is 1. The summed E-state index contributed by atoms with van der Waals surface area (Å²) < 4.78 is 49.4. The number of hydrogen-bond acceptors (Lipinski definition) is 5. The molecule has 0 fully saturated rings. The van der Waals surface area contributed by atoms with Crippen molar-refractivity contribution in [1.29, 1.82) is 0 Å². The van der Waals surface area contributed by atoms with Crippen LogP contribution in [0.3, 0.4) is 0 Å². The second-order valence-corrected chi connectivity index (χ2v) is 6.06. The van der Waals surface area contributed by atoms with E-state index in [4.69, 9.17) is 10.5 Å². The summed E-state index contributed by atoms with van der Waals surface area (Å²) in [6.45, 7) is -0.848. The average molecular weight is 365 g/mol. The fourth-order valence-electron chi connectivity index (χ4n) is 2.81. The molecule has 1 aliphatic rings. The van der Waals surface area contributed by atoms with E-state index < -0.39 is 18.0 Å². The van der Waals surface area contributed by atoms with Crippen LogP contribution in [0.1, 0.15) is 12.5 Å². The third-order valence-corrected chi connectivity index (χ3v) is 3.95. The Balaban J connectivity index is 1.93. The minimum absolute atomic E-state index is 0.0112. The highest BCUT2D eigenvalue weighted by molar-refractivity contribution is 5.82. The monoisotopic (exact) mass is 365 g/mol. The number of para-hydroxylation sites is 2. The fourth-order valence-corrected chi connectivity index (χ4v) is 2.81. The molecule has 1 heterocycles. The predicted octanol–water partition coefficient (Wildman–Crippen LogP) is 3.77. The molecule has 0 bridgehead atoms. The van der Waals surface area contributed by atoms with Crippen molar-refractivity contribution in [1.82, 2.24) is 0 Å². The molecule has 3 N–H and O–H groups in total. The van der Waals surface area contributed by atoms with Gasteiger partial charge in [0.15, 0.2) is 0 Å². The van der Waals surface area contributed by atoms with Crippen molar-refractivity contribution in [3.05, 3.63) is 53.8 Å². The minimum Gasteiger partial charge on any atom is -0.433 e. The summed E-state index contributed by atoms with van der Waals surface area (Å²) in [5.41, 5.74) is 5.87. The van der Waals surface area contributed by atoms with Gasteiger partial charge in [0.2, 0.25) is 0 Å². The number of aliphatic imine (C=N–C) groups is 1. The SMILES string of the molecule is CC1(c2cc(Nc3ccccc3OC(F)F)ccc2F)COCC(N)=N1. The second kappa shape index (κ2) is 7.25. The smallest absolute Gasteiger partial charge is 0.387 e. The zero-order chi connectivity index (χ0) is 18.7. The van der Waals surface area contributed by atoms with Gasteiger partial charge in [-0.15, -0.1) is 0 Å². The van der Waals surface area contributed by atoms with Gasteiger partial charge in [-0.1, -0.05) is 12.1 Å². The maximum absolute atomic E-state index is 14.4. The summed E-state index contributed by atoms with van der Waals surface area (Å²) in [7, 11) is 0. The average Bonchev–Trinajstić information content (AvgIpc) is 2.57. The maximum Gasteiger partial charge on any atom is 0.387 e. The lowest BCUT2D eigenvalue weighted by Gasteiger charge is -2.30. The van der Waals surface area contributed by atoms with Crippen LogP contribution in [-0.2, 0) is 10.3 Å². The lowest BCUT2D eigenvalue weighted by molar-refractivity contribution is -0.0493. The molecular weight excluding hydrogens is 347 g/mol. The fraction of sp³-hybridized carbons (Fsp3) is 0.278. The number of rotatable bonds is 5. The maximum atomic E-state index is 14.4. The molecule has 0 spiro atoms. The Bertz CT molecular complexity index is 829. The molecule has 0 amide bonds. The first-order chi connectivity index (χ1) is 12.4. The van der Waals surface area contributed by atoms with E-state index in [1.54, 1.807) is 31.2 Å². The number of benzene rings is 2. The van der Waals surface area contributed by atoms with Crippen molar-refractivity contribution in [3.8, 4) is 5.75 Å². The molecule has 26 heavy (non-hydrogen) atoms. The van der Waals surface area contributed by atoms with Gasteiger partial charge in [0.25, 0.3) is 0 Å². The van der Waals surface area contributed by atoms with Gasteiger partial charge in [0, 0.05) is 11.3 Å². The van der Waals surface area contributed by atoms with Gasteiger partial charge in [0.1, 0.15) is 29.5 Å². The van der Waals surface area contributed by atoms with Crippen molar-refractivity contribution in [3.63, 3.8) is 0 Å². The number of ether oxygens (including phenoxy) is 2. The molecule has 1 aliphatic heterocycles. The molecule has 0 aromatic heterocycles. The van der Waals surface area contributed by atoms with Gasteiger partial charge in [-0.25, -0.2) is 4.39 Å². The number of hydrogen-bond donors (Lipinski definition) is 2. The summed E-state index contributed by atoms with van der Waals surface area (Å²) in [5.74, 6) is -0.188. The highest BCUT2D eigenvalue weighted by Gasteiger charge is 2.32. The van der Waals surface area contributed by atoms with Crippen LogP contribution in [0.15, 0.2) is 47.5 Å². The molecule has 0 saturated heterocycles. The molecular formula is C18H18F3N3O2. The lowest BCUT2D eigenvalue weighted by atomic mass is 9.91. The van der Waals surface area contributed by atoms with E-state index in [2.05, 4.69) is 15.0 Å². The zero-order valence-corrected chi connectivity index (χ0v) is 14.0. The number of alkyl halides is 2. The third-order valence-electron chi connectivity index (χ3n) is 3.95. The van der Waals surface area contributed by atoms with E-state index in [0.29, 0.717) is 11.4 Å². The summed E-state index contributed by atoms with van der Waals surface area (Å²) >= 11 is 0. The van der Waals surface area contributed by atoms with Crippen LogP contribution in [0.4, 0.5) is 24.5 Å². The Morgan fingerprint density at radius 3 is 2.77 bits per heavy atom. The van der Waals surface area contributed by atoms with E-state index in [0.717, 1.165) is 0 Å². The predicted molar refractivity (Wildman–Crippen MR) is 92.6 cm³/mol. The summed E-state index contributed by atoms with van der Waals surface area (Å²) in [4.78, 5) is 4.33. The number of amidine groups is 1. The van der Waals surface area contributed by atoms with Gasteiger partial charge < -0.3 is 20.5 Å². The van der Waals surface area contributed by atoms with Crippen LogP contribution < -0.4 is 15.8 Å². The largest absolute Gasteiger partial charge is 0.433 e. The normalized spacial score (nSPS) is 20.0. The highest BCUT2D eigenvalue weighted by Crippen LogP contribution is 2.34. The van der Waals surface area contributed by atoms with Crippen LogP contribution >= 0.6 is 0 Å². The lowest BCUT2D eigenvalue weighted by Crippen LogP contribution is -2.38. The van der Waals surface area contributed by atoms with Crippen molar-refractivity contribution in [2.75, 3.05) is 18.5 Å². The molecule has 0 saturated carbocycles. The first kappa shape index (κ1) is 18.1. The van der Waals surface area contributed by atoms with Crippen LogP contribution in [0.2, 0.25) is 0 Å². The molecule has 138 valence electrons. The zero-order valence-electron chi connectivity index (χ0n) is 14.0. The first-order valence-electron chi connectivity index (χ1n) is 7.90. The number of nitrogens with one attached hydrogen (secondary N) is 1. The Morgan fingerprint density at radius 2 is 2.04 bits per heavy atom. The van der Waals surface area contributed by atoms with Crippen molar-refractivity contribution < 1.29 is 22.6 Å². The van der Waals surface area contributed by atoms with Gasteiger partial charge in [0.05, 0.1) is 12.3 Å². The van der Waals surface area contributed by atoms with Crippen LogP contribution in [0, 0.1) is 5.82 Å². The summed E-state index contributed by atoms with van der Waals surface area (Å²) in [5, 5.41) is 2.97. The number of nitrogens with zero attached hydrogens (tertiary/aromatic N) is 1. The molecule has 0 radical (unpaired) electrons. The van der Waals surface area contributed by atoms with Crippen LogP contribution in [0.25, 0.3) is 0 Å². The number of halogens is 3. The first-order valence-corrected chi connectivity index (χ1v) is 7.90. The summed E-state index contributed by atoms with van der Waals surface area (Å²) in [6, 6.07) is 10.6. The van der Waals surface area contributed by atoms with Crippen molar-refractivity contribution in [2.24, 2.45) is 10.7 Å². The number of anilines is 2. The molecule has 3 rings (SSSR count). The second-order valence-electron chi connectivity index (χ2n) is 6.06. The van der Waals surface area contributed by atoms with Gasteiger partial charge in [-0.2, -0.15) is 8.78 Å². The minimum atomic E-state index is -2.95. The van der Waals surface area contributed by atoms with Crippen LogP contribution in [-0.4, -0.2) is 25.7 Å². The topological polar surface area (TPSA) is 68.9 Å². The molecule has 1 atom stereocenters.